The van der Waals surface area contributed by atoms with Crippen LogP contribution in [-0.4, -0.2) is 17.3 Å². The van der Waals surface area contributed by atoms with Crippen LogP contribution in [0.5, 0.6) is 5.88 Å². The van der Waals surface area contributed by atoms with Gasteiger partial charge in [-0.1, -0.05) is 0 Å². The predicted octanol–water partition coefficient (Wildman–Crippen LogP) is 2.75. The fourth-order valence-corrected chi connectivity index (χ4v) is 2.68. The highest BCUT2D eigenvalue weighted by atomic mass is 32.1. The van der Waals surface area contributed by atoms with Crippen molar-refractivity contribution in [3.8, 4) is 5.88 Å². The van der Waals surface area contributed by atoms with E-state index in [0.29, 0.717) is 10.8 Å². The van der Waals surface area contributed by atoms with Crippen LogP contribution in [-0.2, 0) is 0 Å². The Morgan fingerprint density at radius 3 is 2.80 bits per heavy atom. The molecule has 15 heavy (non-hydrogen) atoms. The molecular formula is C10H9NO2S2. The third kappa shape index (κ3) is 1.93. The summed E-state index contributed by atoms with van der Waals surface area (Å²) in [5, 5.41) is 3.83. The lowest BCUT2D eigenvalue weighted by Gasteiger charge is -1.94. The van der Waals surface area contributed by atoms with Crippen molar-refractivity contribution in [2.45, 2.75) is 6.92 Å². The molecule has 0 aliphatic heterocycles. The number of carbonyl (C=O) groups is 1. The summed E-state index contributed by atoms with van der Waals surface area (Å²) in [6, 6.07) is 1.67. The number of aryl methyl sites for hydroxylation is 1. The number of aromatic nitrogens is 1. The van der Waals surface area contributed by atoms with E-state index in [1.165, 1.54) is 22.9 Å². The zero-order chi connectivity index (χ0) is 10.8. The molecule has 2 rings (SSSR count). The van der Waals surface area contributed by atoms with Gasteiger partial charge in [0, 0.05) is 17.0 Å². The highest BCUT2D eigenvalue weighted by Crippen LogP contribution is 2.23. The van der Waals surface area contributed by atoms with Crippen LogP contribution in [0.1, 0.15) is 20.8 Å². The highest BCUT2D eigenvalue weighted by Gasteiger charge is 2.15. The lowest BCUT2D eigenvalue weighted by Crippen LogP contribution is -1.98. The molecule has 0 spiro atoms. The van der Waals surface area contributed by atoms with Gasteiger partial charge in [-0.05, 0) is 29.4 Å². The van der Waals surface area contributed by atoms with Gasteiger partial charge in [0.2, 0.25) is 11.7 Å². The topological polar surface area (TPSA) is 39.2 Å². The molecule has 0 bridgehead atoms. The first kappa shape index (κ1) is 10.3. The standard InChI is InChI=1S/C10H9NO2S2/c1-6-4-14-5-7(6)10(12)8-3-9(13-2)11-15-8/h3-5H,1-2H3. The minimum Gasteiger partial charge on any atom is -0.480 e. The SMILES string of the molecule is COc1cc(C(=O)c2cscc2C)sn1. The average molecular weight is 239 g/mol. The summed E-state index contributed by atoms with van der Waals surface area (Å²) in [6.07, 6.45) is 0. The molecule has 0 aliphatic rings. The Balaban J connectivity index is 2.32. The first-order valence-corrected chi connectivity index (χ1v) is 6.02. The summed E-state index contributed by atoms with van der Waals surface area (Å²) in [5.74, 6) is 0.519. The average Bonchev–Trinajstić information content (AvgIpc) is 2.84. The normalized spacial score (nSPS) is 10.3. The number of methoxy groups -OCH3 is 1. The number of carbonyl (C=O) groups excluding carboxylic acids is 1. The van der Waals surface area contributed by atoms with Crippen LogP contribution in [0.2, 0.25) is 0 Å². The number of rotatable bonds is 3. The van der Waals surface area contributed by atoms with Crippen molar-refractivity contribution in [2.75, 3.05) is 7.11 Å². The van der Waals surface area contributed by atoms with E-state index in [9.17, 15) is 4.79 Å². The third-order valence-electron chi connectivity index (χ3n) is 2.02. The van der Waals surface area contributed by atoms with E-state index in [-0.39, 0.29) is 5.78 Å². The number of hydrogen-bond donors (Lipinski definition) is 0. The third-order valence-corrected chi connectivity index (χ3v) is 3.65. The van der Waals surface area contributed by atoms with Gasteiger partial charge in [0.25, 0.3) is 0 Å². The van der Waals surface area contributed by atoms with E-state index in [2.05, 4.69) is 4.37 Å². The minimum absolute atomic E-state index is 0.0227. The number of thiophene rings is 1. The molecular weight excluding hydrogens is 230 g/mol. The largest absolute Gasteiger partial charge is 0.480 e. The molecule has 3 nitrogen and oxygen atoms in total. The molecule has 0 amide bonds. The van der Waals surface area contributed by atoms with Gasteiger partial charge in [-0.15, -0.1) is 0 Å². The maximum atomic E-state index is 12.0. The fourth-order valence-electron chi connectivity index (χ4n) is 1.19. The molecule has 0 atom stereocenters. The van der Waals surface area contributed by atoms with Crippen molar-refractivity contribution in [1.29, 1.82) is 0 Å². The molecule has 78 valence electrons. The van der Waals surface area contributed by atoms with Gasteiger partial charge in [-0.25, -0.2) is 0 Å². The Morgan fingerprint density at radius 1 is 1.47 bits per heavy atom. The quantitative estimate of drug-likeness (QED) is 0.773. The fraction of sp³-hybridized carbons (Fsp3) is 0.200. The Hall–Kier alpha value is -1.20. The van der Waals surface area contributed by atoms with Crippen molar-refractivity contribution >= 4 is 28.7 Å². The molecule has 0 saturated carbocycles. The second kappa shape index (κ2) is 4.12. The van der Waals surface area contributed by atoms with Crippen molar-refractivity contribution in [2.24, 2.45) is 0 Å². The molecule has 0 fully saturated rings. The summed E-state index contributed by atoms with van der Waals surface area (Å²) in [6.45, 7) is 1.93. The monoisotopic (exact) mass is 239 g/mol. The number of ketones is 1. The van der Waals surface area contributed by atoms with E-state index in [1.54, 1.807) is 13.2 Å². The second-order valence-electron chi connectivity index (χ2n) is 3.03. The van der Waals surface area contributed by atoms with E-state index >= 15 is 0 Å². The van der Waals surface area contributed by atoms with Crippen molar-refractivity contribution in [1.82, 2.24) is 4.37 Å². The first-order valence-electron chi connectivity index (χ1n) is 4.30. The summed E-state index contributed by atoms with van der Waals surface area (Å²) in [5.41, 5.74) is 1.77. The van der Waals surface area contributed by atoms with E-state index in [0.717, 1.165) is 11.1 Å². The van der Waals surface area contributed by atoms with E-state index in [4.69, 9.17) is 4.74 Å². The van der Waals surface area contributed by atoms with Crippen LogP contribution in [0.3, 0.4) is 0 Å². The second-order valence-corrected chi connectivity index (χ2v) is 4.58. The zero-order valence-corrected chi connectivity index (χ0v) is 9.95. The van der Waals surface area contributed by atoms with E-state index < -0.39 is 0 Å². The first-order chi connectivity index (χ1) is 7.22. The smallest absolute Gasteiger partial charge is 0.225 e. The van der Waals surface area contributed by atoms with Gasteiger partial charge >= 0.3 is 0 Å². The summed E-state index contributed by atoms with van der Waals surface area (Å²) < 4.78 is 8.94. The maximum Gasteiger partial charge on any atom is 0.225 e. The van der Waals surface area contributed by atoms with Gasteiger partial charge in [0.05, 0.1) is 12.0 Å². The lowest BCUT2D eigenvalue weighted by atomic mass is 10.1. The van der Waals surface area contributed by atoms with Crippen LogP contribution >= 0.6 is 22.9 Å². The predicted molar refractivity (Wildman–Crippen MR) is 61.2 cm³/mol. The van der Waals surface area contributed by atoms with Crippen molar-refractivity contribution < 1.29 is 9.53 Å². The molecule has 2 aromatic rings. The maximum absolute atomic E-state index is 12.0. The van der Waals surface area contributed by atoms with Crippen LogP contribution in [0, 0.1) is 6.92 Å². The molecule has 0 aliphatic carbocycles. The molecule has 0 unspecified atom stereocenters. The van der Waals surface area contributed by atoms with Gasteiger partial charge in [0.1, 0.15) is 0 Å². The summed E-state index contributed by atoms with van der Waals surface area (Å²) >= 11 is 2.70. The molecule has 0 aromatic carbocycles. The molecule has 0 N–H and O–H groups in total. The van der Waals surface area contributed by atoms with Crippen LogP contribution in [0.4, 0.5) is 0 Å². The zero-order valence-electron chi connectivity index (χ0n) is 8.31. The highest BCUT2D eigenvalue weighted by molar-refractivity contribution is 7.09. The van der Waals surface area contributed by atoms with Gasteiger partial charge in [-0.2, -0.15) is 15.7 Å². The van der Waals surface area contributed by atoms with Crippen LogP contribution in [0.15, 0.2) is 16.8 Å². The van der Waals surface area contributed by atoms with Gasteiger partial charge in [-0.3, -0.25) is 4.79 Å². The van der Waals surface area contributed by atoms with Crippen LogP contribution in [0.25, 0.3) is 0 Å². The molecule has 2 heterocycles. The Labute approximate surface area is 95.5 Å². The summed E-state index contributed by atoms with van der Waals surface area (Å²) in [7, 11) is 1.54. The van der Waals surface area contributed by atoms with Gasteiger partial charge in [0.15, 0.2) is 0 Å². The van der Waals surface area contributed by atoms with Crippen molar-refractivity contribution in [3.63, 3.8) is 0 Å². The van der Waals surface area contributed by atoms with Crippen LogP contribution < -0.4 is 4.74 Å². The Bertz CT molecular complexity index is 487. The minimum atomic E-state index is 0.0227. The number of ether oxygens (including phenoxy) is 1. The number of hydrogen-bond acceptors (Lipinski definition) is 5. The lowest BCUT2D eigenvalue weighted by molar-refractivity contribution is 0.104. The molecule has 0 saturated heterocycles. The Kier molecular flexibility index (Phi) is 2.83. The molecule has 0 radical (unpaired) electrons. The molecule has 2 aromatic heterocycles. The summed E-state index contributed by atoms with van der Waals surface area (Å²) in [4.78, 5) is 12.6. The Morgan fingerprint density at radius 2 is 2.27 bits per heavy atom. The van der Waals surface area contributed by atoms with Crippen molar-refractivity contribution in [3.05, 3.63) is 32.8 Å². The van der Waals surface area contributed by atoms with Gasteiger partial charge < -0.3 is 4.74 Å². The number of nitrogens with zero attached hydrogens (tertiary/aromatic N) is 1. The molecule has 5 heteroatoms. The van der Waals surface area contributed by atoms with E-state index in [1.807, 2.05) is 17.7 Å².